The van der Waals surface area contributed by atoms with E-state index in [0.717, 1.165) is 24.6 Å². The first-order valence-electron chi connectivity index (χ1n) is 8.61. The van der Waals surface area contributed by atoms with Crippen LogP contribution < -0.4 is 5.32 Å². The molecule has 1 N–H and O–H groups in total. The molecule has 0 unspecified atom stereocenters. The van der Waals surface area contributed by atoms with Gasteiger partial charge in [0.15, 0.2) is 10.9 Å². The Labute approximate surface area is 166 Å². The normalized spacial score (nSPS) is 14.4. The standard InChI is InChI=1S/C18H15F6N3OS/c19-17(20,21)10-4-3-5-11(8-10)25-14(28)9-29-16-26-13-7-2-1-6-12(13)15(27-16)18(22,23)24/h3-5,8H,1-2,6-7,9H2,(H,25,28). The number of nitrogens with one attached hydrogen (secondary N) is 1. The Bertz CT molecular complexity index is 913. The Kier molecular flexibility index (Phi) is 6.06. The Morgan fingerprint density at radius 2 is 1.76 bits per heavy atom. The Hall–Kier alpha value is -2.30. The van der Waals surface area contributed by atoms with Crippen molar-refractivity contribution >= 4 is 23.4 Å². The lowest BCUT2D eigenvalue weighted by Crippen LogP contribution is -2.20. The summed E-state index contributed by atoms with van der Waals surface area (Å²) in [5.41, 5.74) is -1.53. The van der Waals surface area contributed by atoms with E-state index in [2.05, 4.69) is 15.3 Å². The van der Waals surface area contributed by atoms with Gasteiger partial charge in [-0.3, -0.25) is 4.79 Å². The van der Waals surface area contributed by atoms with Crippen molar-refractivity contribution in [2.75, 3.05) is 11.1 Å². The Morgan fingerprint density at radius 1 is 1.03 bits per heavy atom. The third-order valence-corrected chi connectivity index (χ3v) is 5.08. The largest absolute Gasteiger partial charge is 0.433 e. The van der Waals surface area contributed by atoms with Crippen LogP contribution in [0.25, 0.3) is 0 Å². The van der Waals surface area contributed by atoms with Gasteiger partial charge in [-0.05, 0) is 43.9 Å². The average Bonchev–Trinajstić information content (AvgIpc) is 2.64. The molecule has 1 aliphatic rings. The number of aromatic nitrogens is 2. The van der Waals surface area contributed by atoms with Gasteiger partial charge >= 0.3 is 12.4 Å². The van der Waals surface area contributed by atoms with Gasteiger partial charge in [0.05, 0.1) is 11.3 Å². The van der Waals surface area contributed by atoms with Crippen molar-refractivity contribution in [3.8, 4) is 0 Å². The number of hydrogen-bond donors (Lipinski definition) is 1. The SMILES string of the molecule is O=C(CSc1nc2c(c(C(F)(F)F)n1)CCCC2)Nc1cccc(C(F)(F)F)c1. The summed E-state index contributed by atoms with van der Waals surface area (Å²) in [5.74, 6) is -1.02. The molecule has 0 fully saturated rings. The summed E-state index contributed by atoms with van der Waals surface area (Å²) >= 11 is 0.704. The Balaban J connectivity index is 1.71. The van der Waals surface area contributed by atoms with Crippen molar-refractivity contribution < 1.29 is 31.1 Å². The van der Waals surface area contributed by atoms with Crippen LogP contribution in [0, 0.1) is 0 Å². The van der Waals surface area contributed by atoms with Crippen LogP contribution in [-0.2, 0) is 30.0 Å². The molecule has 156 valence electrons. The number of anilines is 1. The van der Waals surface area contributed by atoms with Gasteiger partial charge in [0.2, 0.25) is 5.91 Å². The van der Waals surface area contributed by atoms with Crippen LogP contribution in [0.1, 0.15) is 35.4 Å². The molecule has 0 radical (unpaired) electrons. The fraction of sp³-hybridized carbons (Fsp3) is 0.389. The van der Waals surface area contributed by atoms with E-state index >= 15 is 0 Å². The molecule has 1 aromatic heterocycles. The summed E-state index contributed by atoms with van der Waals surface area (Å²) in [7, 11) is 0. The highest BCUT2D eigenvalue weighted by molar-refractivity contribution is 7.99. The highest BCUT2D eigenvalue weighted by atomic mass is 32.2. The first-order valence-corrected chi connectivity index (χ1v) is 9.59. The highest BCUT2D eigenvalue weighted by Crippen LogP contribution is 2.36. The van der Waals surface area contributed by atoms with Gasteiger partial charge in [-0.15, -0.1) is 0 Å². The van der Waals surface area contributed by atoms with E-state index in [1.165, 1.54) is 6.07 Å². The molecule has 1 heterocycles. The number of carbonyl (C=O) groups excluding carboxylic acids is 1. The van der Waals surface area contributed by atoms with Crippen LogP contribution in [0.3, 0.4) is 0 Å². The molecule has 3 rings (SSSR count). The molecule has 0 bridgehead atoms. The number of benzene rings is 1. The number of nitrogens with zero attached hydrogens (tertiary/aromatic N) is 2. The second-order valence-electron chi connectivity index (χ2n) is 6.40. The molecule has 2 aromatic rings. The van der Waals surface area contributed by atoms with Gasteiger partial charge in [0.25, 0.3) is 0 Å². The third kappa shape index (κ3) is 5.40. The maximum absolute atomic E-state index is 13.3. The van der Waals surface area contributed by atoms with Crippen LogP contribution in [0.2, 0.25) is 0 Å². The number of hydrogen-bond acceptors (Lipinski definition) is 4. The van der Waals surface area contributed by atoms with Gasteiger partial charge in [-0.25, -0.2) is 9.97 Å². The molecular formula is C18H15F6N3OS. The number of rotatable bonds is 4. The minimum absolute atomic E-state index is 0.0623. The zero-order valence-electron chi connectivity index (χ0n) is 14.8. The van der Waals surface area contributed by atoms with Crippen molar-refractivity contribution in [2.45, 2.75) is 43.2 Å². The number of aryl methyl sites for hydroxylation is 1. The minimum atomic E-state index is -4.63. The van der Waals surface area contributed by atoms with Crippen molar-refractivity contribution in [1.82, 2.24) is 9.97 Å². The summed E-state index contributed by atoms with van der Waals surface area (Å²) < 4.78 is 78.1. The molecule has 4 nitrogen and oxygen atoms in total. The molecule has 0 saturated heterocycles. The summed E-state index contributed by atoms with van der Waals surface area (Å²) in [6, 6.07) is 4.08. The quantitative estimate of drug-likeness (QED) is 0.411. The molecule has 29 heavy (non-hydrogen) atoms. The molecule has 1 amide bonds. The monoisotopic (exact) mass is 435 g/mol. The number of halogens is 6. The third-order valence-electron chi connectivity index (χ3n) is 4.24. The molecule has 0 atom stereocenters. The second kappa shape index (κ2) is 8.21. The van der Waals surface area contributed by atoms with Crippen LogP contribution in [-0.4, -0.2) is 21.6 Å². The van der Waals surface area contributed by atoms with Crippen LogP contribution in [0.15, 0.2) is 29.4 Å². The van der Waals surface area contributed by atoms with Gasteiger partial charge < -0.3 is 5.32 Å². The number of fused-ring (bicyclic) bond motifs is 1. The van der Waals surface area contributed by atoms with E-state index < -0.39 is 29.5 Å². The zero-order valence-corrected chi connectivity index (χ0v) is 15.6. The topological polar surface area (TPSA) is 54.9 Å². The van der Waals surface area contributed by atoms with E-state index in [4.69, 9.17) is 0 Å². The number of carbonyl (C=O) groups is 1. The van der Waals surface area contributed by atoms with E-state index in [1.54, 1.807) is 0 Å². The van der Waals surface area contributed by atoms with Crippen molar-refractivity contribution in [1.29, 1.82) is 0 Å². The molecular weight excluding hydrogens is 420 g/mol. The molecule has 1 aromatic carbocycles. The molecule has 11 heteroatoms. The molecule has 0 saturated carbocycles. The van der Waals surface area contributed by atoms with Crippen LogP contribution >= 0.6 is 11.8 Å². The summed E-state index contributed by atoms with van der Waals surface area (Å²) in [6.45, 7) is 0. The van der Waals surface area contributed by atoms with E-state index in [0.29, 0.717) is 30.3 Å². The Morgan fingerprint density at radius 3 is 2.45 bits per heavy atom. The first-order chi connectivity index (χ1) is 13.5. The minimum Gasteiger partial charge on any atom is -0.325 e. The summed E-state index contributed by atoms with van der Waals surface area (Å²) in [5, 5.41) is 2.11. The van der Waals surface area contributed by atoms with Gasteiger partial charge in [-0.2, -0.15) is 26.3 Å². The highest BCUT2D eigenvalue weighted by Gasteiger charge is 2.38. The lowest BCUT2D eigenvalue weighted by atomic mass is 9.94. The van der Waals surface area contributed by atoms with E-state index in [-0.39, 0.29) is 28.6 Å². The van der Waals surface area contributed by atoms with Gasteiger partial charge in [0, 0.05) is 16.9 Å². The first kappa shape index (κ1) is 21.4. The smallest absolute Gasteiger partial charge is 0.325 e. The molecule has 0 aliphatic heterocycles. The van der Waals surface area contributed by atoms with Crippen LogP contribution in [0.4, 0.5) is 32.0 Å². The number of amides is 1. The number of thioether (sulfide) groups is 1. The van der Waals surface area contributed by atoms with Gasteiger partial charge in [0.1, 0.15) is 0 Å². The zero-order chi connectivity index (χ0) is 21.2. The maximum Gasteiger partial charge on any atom is 0.433 e. The van der Waals surface area contributed by atoms with E-state index in [1.807, 2.05) is 0 Å². The predicted molar refractivity (Wildman–Crippen MR) is 94.5 cm³/mol. The molecule has 0 spiro atoms. The summed E-state index contributed by atoms with van der Waals surface area (Å²) in [4.78, 5) is 19.7. The molecule has 1 aliphatic carbocycles. The van der Waals surface area contributed by atoms with Crippen molar-refractivity contribution in [3.05, 3.63) is 46.8 Å². The second-order valence-corrected chi connectivity index (χ2v) is 7.34. The van der Waals surface area contributed by atoms with Crippen molar-refractivity contribution in [3.63, 3.8) is 0 Å². The maximum atomic E-state index is 13.3. The fourth-order valence-electron chi connectivity index (χ4n) is 2.97. The lowest BCUT2D eigenvalue weighted by Gasteiger charge is -2.20. The predicted octanol–water partition coefficient (Wildman–Crippen LogP) is 5.12. The lowest BCUT2D eigenvalue weighted by molar-refractivity contribution is -0.142. The van der Waals surface area contributed by atoms with Gasteiger partial charge in [-0.1, -0.05) is 17.8 Å². The summed E-state index contributed by atoms with van der Waals surface area (Å²) in [6.07, 6.45) is -7.16. The van der Waals surface area contributed by atoms with Crippen LogP contribution in [0.5, 0.6) is 0 Å². The van der Waals surface area contributed by atoms with E-state index in [9.17, 15) is 31.1 Å². The van der Waals surface area contributed by atoms with Crippen molar-refractivity contribution in [2.24, 2.45) is 0 Å². The fourth-order valence-corrected chi connectivity index (χ4v) is 3.63. The average molecular weight is 435 g/mol. The number of alkyl halides is 6.